The van der Waals surface area contributed by atoms with Gasteiger partial charge in [0.2, 0.25) is 0 Å². The van der Waals surface area contributed by atoms with E-state index in [4.69, 9.17) is 10.7 Å². The highest BCUT2D eigenvalue weighted by atomic mass is 15.1. The molecule has 3 aromatic rings. The van der Waals surface area contributed by atoms with E-state index in [1.165, 1.54) is 5.56 Å². The van der Waals surface area contributed by atoms with Crippen LogP contribution in [0.25, 0.3) is 11.2 Å². The molecule has 0 aliphatic rings. The van der Waals surface area contributed by atoms with E-state index >= 15 is 0 Å². The Morgan fingerprint density at radius 3 is 2.45 bits per heavy atom. The van der Waals surface area contributed by atoms with E-state index in [-0.39, 0.29) is 5.41 Å². The molecule has 0 aliphatic carbocycles. The second-order valence-corrected chi connectivity index (χ2v) is 6.87. The minimum absolute atomic E-state index is 0.0393. The number of hydrogen-bond acceptors (Lipinski definition) is 3. The van der Waals surface area contributed by atoms with E-state index in [9.17, 15) is 0 Å². The molecule has 0 bridgehead atoms. The summed E-state index contributed by atoms with van der Waals surface area (Å²) in [6, 6.07) is 10.1. The first-order valence-corrected chi connectivity index (χ1v) is 7.52. The van der Waals surface area contributed by atoms with Gasteiger partial charge in [0.05, 0.1) is 6.54 Å². The molecule has 0 unspecified atom stereocenters. The van der Waals surface area contributed by atoms with Crippen molar-refractivity contribution < 1.29 is 0 Å². The van der Waals surface area contributed by atoms with Crippen LogP contribution in [0.5, 0.6) is 0 Å². The number of nitrogens with two attached hydrogens (primary N) is 1. The van der Waals surface area contributed by atoms with Gasteiger partial charge < -0.3 is 10.3 Å². The van der Waals surface area contributed by atoms with E-state index in [0.717, 1.165) is 34.8 Å². The molecule has 2 aromatic heterocycles. The monoisotopic (exact) mass is 294 g/mol. The number of rotatable bonds is 2. The van der Waals surface area contributed by atoms with Gasteiger partial charge in [0.15, 0.2) is 5.65 Å². The van der Waals surface area contributed by atoms with Crippen LogP contribution >= 0.6 is 0 Å². The Bertz CT molecular complexity index is 807. The zero-order valence-corrected chi connectivity index (χ0v) is 13.6. The lowest BCUT2D eigenvalue weighted by molar-refractivity contribution is 0.515. The van der Waals surface area contributed by atoms with Gasteiger partial charge >= 0.3 is 0 Å². The van der Waals surface area contributed by atoms with Gasteiger partial charge in [-0.2, -0.15) is 0 Å². The van der Waals surface area contributed by atoms with Gasteiger partial charge in [-0.15, -0.1) is 0 Å². The van der Waals surface area contributed by atoms with Crippen molar-refractivity contribution in [1.82, 2.24) is 14.5 Å². The lowest BCUT2D eigenvalue weighted by Gasteiger charge is -2.20. The molecule has 0 amide bonds. The fourth-order valence-corrected chi connectivity index (χ4v) is 2.64. The first kappa shape index (κ1) is 14.6. The Balaban J connectivity index is 2.15. The van der Waals surface area contributed by atoms with Crippen LogP contribution < -0.4 is 5.73 Å². The number of nitrogen functional groups attached to an aromatic ring is 1. The molecule has 0 saturated carbocycles. The third-order valence-corrected chi connectivity index (χ3v) is 3.71. The number of imidazole rings is 1. The summed E-state index contributed by atoms with van der Waals surface area (Å²) in [5.41, 5.74) is 10.7. The molecule has 4 heteroatoms. The van der Waals surface area contributed by atoms with Crippen molar-refractivity contribution in [2.24, 2.45) is 0 Å². The second kappa shape index (κ2) is 5.13. The first-order chi connectivity index (χ1) is 10.3. The zero-order valence-electron chi connectivity index (χ0n) is 13.6. The van der Waals surface area contributed by atoms with Crippen LogP contribution in [-0.4, -0.2) is 14.5 Å². The van der Waals surface area contributed by atoms with Crippen LogP contribution in [0.4, 0.5) is 5.69 Å². The number of hydrogen-bond donors (Lipinski definition) is 1. The van der Waals surface area contributed by atoms with Gasteiger partial charge in [-0.05, 0) is 36.2 Å². The molecule has 2 heterocycles. The maximum absolute atomic E-state index is 5.77. The number of anilines is 1. The van der Waals surface area contributed by atoms with Gasteiger partial charge in [0.25, 0.3) is 0 Å². The van der Waals surface area contributed by atoms with Crippen molar-refractivity contribution in [2.75, 3.05) is 5.73 Å². The third kappa shape index (κ3) is 2.69. The normalized spacial score (nSPS) is 12.0. The van der Waals surface area contributed by atoms with Gasteiger partial charge in [0, 0.05) is 17.3 Å². The highest BCUT2D eigenvalue weighted by molar-refractivity contribution is 5.72. The Labute approximate surface area is 131 Å². The molecule has 3 rings (SSSR count). The summed E-state index contributed by atoms with van der Waals surface area (Å²) in [5.74, 6) is 1.05. The summed E-state index contributed by atoms with van der Waals surface area (Å²) in [4.78, 5) is 9.44. The molecule has 0 fully saturated rings. The van der Waals surface area contributed by atoms with E-state index < -0.39 is 0 Å². The SMILES string of the molecule is Cc1cnc2c(c1)nc(C(C)(C)C)n2Cc1ccc(N)cc1. The summed E-state index contributed by atoms with van der Waals surface area (Å²) < 4.78 is 2.21. The summed E-state index contributed by atoms with van der Waals surface area (Å²) in [6.45, 7) is 9.34. The number of pyridine rings is 1. The van der Waals surface area contributed by atoms with E-state index in [1.807, 2.05) is 25.3 Å². The molecular formula is C18H22N4. The van der Waals surface area contributed by atoms with Crippen molar-refractivity contribution in [2.45, 2.75) is 39.7 Å². The topological polar surface area (TPSA) is 56.7 Å². The quantitative estimate of drug-likeness (QED) is 0.734. The van der Waals surface area contributed by atoms with Crippen molar-refractivity contribution in [3.05, 3.63) is 53.5 Å². The number of benzene rings is 1. The summed E-state index contributed by atoms with van der Waals surface area (Å²) in [6.07, 6.45) is 1.90. The fraction of sp³-hybridized carbons (Fsp3) is 0.333. The molecule has 0 saturated heterocycles. The highest BCUT2D eigenvalue weighted by Gasteiger charge is 2.23. The van der Waals surface area contributed by atoms with Crippen LogP contribution in [0.3, 0.4) is 0 Å². The second-order valence-electron chi connectivity index (χ2n) is 6.87. The van der Waals surface area contributed by atoms with Gasteiger partial charge in [0.1, 0.15) is 11.3 Å². The van der Waals surface area contributed by atoms with Crippen molar-refractivity contribution >= 4 is 16.9 Å². The van der Waals surface area contributed by atoms with E-state index in [2.05, 4.69) is 48.5 Å². The van der Waals surface area contributed by atoms with E-state index in [0.29, 0.717) is 0 Å². The lowest BCUT2D eigenvalue weighted by atomic mass is 9.95. The van der Waals surface area contributed by atoms with Crippen molar-refractivity contribution in [3.63, 3.8) is 0 Å². The average molecular weight is 294 g/mol. The minimum atomic E-state index is -0.0393. The van der Waals surface area contributed by atoms with Crippen LogP contribution in [-0.2, 0) is 12.0 Å². The van der Waals surface area contributed by atoms with Gasteiger partial charge in [-0.1, -0.05) is 32.9 Å². The molecule has 0 spiro atoms. The predicted molar refractivity (Wildman–Crippen MR) is 90.9 cm³/mol. The molecular weight excluding hydrogens is 272 g/mol. The van der Waals surface area contributed by atoms with Crippen LogP contribution in [0.2, 0.25) is 0 Å². The third-order valence-electron chi connectivity index (χ3n) is 3.71. The molecule has 4 nitrogen and oxygen atoms in total. The van der Waals surface area contributed by atoms with E-state index in [1.54, 1.807) is 0 Å². The smallest absolute Gasteiger partial charge is 0.160 e. The number of aryl methyl sites for hydroxylation is 1. The Hall–Kier alpha value is -2.36. The summed E-state index contributed by atoms with van der Waals surface area (Å²) in [7, 11) is 0. The standard InChI is InChI=1S/C18H22N4/c1-12-9-15-16(20-10-12)22(17(21-15)18(2,3)4)11-13-5-7-14(19)8-6-13/h5-10H,11,19H2,1-4H3. The number of aromatic nitrogens is 3. The molecule has 0 radical (unpaired) electrons. The maximum atomic E-state index is 5.77. The van der Waals surface area contributed by atoms with Crippen LogP contribution in [0.1, 0.15) is 37.7 Å². The van der Waals surface area contributed by atoms with Gasteiger partial charge in [-0.3, -0.25) is 0 Å². The van der Waals surface area contributed by atoms with Crippen molar-refractivity contribution in [1.29, 1.82) is 0 Å². The first-order valence-electron chi connectivity index (χ1n) is 7.52. The fourth-order valence-electron chi connectivity index (χ4n) is 2.64. The molecule has 0 aliphatic heterocycles. The largest absolute Gasteiger partial charge is 0.399 e. The Kier molecular flexibility index (Phi) is 3.39. The van der Waals surface area contributed by atoms with Gasteiger partial charge in [-0.25, -0.2) is 9.97 Å². The minimum Gasteiger partial charge on any atom is -0.399 e. The summed E-state index contributed by atoms with van der Waals surface area (Å²) in [5, 5.41) is 0. The van der Waals surface area contributed by atoms with Crippen LogP contribution in [0, 0.1) is 6.92 Å². The molecule has 22 heavy (non-hydrogen) atoms. The molecule has 114 valence electrons. The predicted octanol–water partition coefficient (Wildman–Crippen LogP) is 3.67. The Morgan fingerprint density at radius 2 is 1.82 bits per heavy atom. The summed E-state index contributed by atoms with van der Waals surface area (Å²) >= 11 is 0. The molecule has 1 aromatic carbocycles. The molecule has 0 atom stereocenters. The van der Waals surface area contributed by atoms with Crippen LogP contribution in [0.15, 0.2) is 36.5 Å². The number of nitrogens with zero attached hydrogens (tertiary/aromatic N) is 3. The highest BCUT2D eigenvalue weighted by Crippen LogP contribution is 2.26. The number of fused-ring (bicyclic) bond motifs is 1. The maximum Gasteiger partial charge on any atom is 0.160 e. The zero-order chi connectivity index (χ0) is 15.9. The van der Waals surface area contributed by atoms with Crippen molar-refractivity contribution in [3.8, 4) is 0 Å². The molecule has 2 N–H and O–H groups in total. The Morgan fingerprint density at radius 1 is 1.14 bits per heavy atom. The average Bonchev–Trinajstić information content (AvgIpc) is 2.79. The lowest BCUT2D eigenvalue weighted by Crippen LogP contribution is -2.19.